The fourth-order valence-electron chi connectivity index (χ4n) is 3.93. The number of carbonyl (C=O) groups is 1. The average Bonchev–Trinajstić information content (AvgIpc) is 3.17. The molecule has 5 nitrogen and oxygen atoms in total. The molecule has 1 aromatic heterocycles. The number of methoxy groups -OCH3 is 1. The Hall–Kier alpha value is -0.980. The SMILES string of the molecule is CCOC1CC(NC(=O)c2csc(COC)n2)C12CCCC2. The van der Waals surface area contributed by atoms with Crippen LogP contribution in [0.25, 0.3) is 0 Å². The van der Waals surface area contributed by atoms with Crippen molar-refractivity contribution in [1.29, 1.82) is 0 Å². The van der Waals surface area contributed by atoms with E-state index in [1.165, 1.54) is 24.2 Å². The van der Waals surface area contributed by atoms with Crippen LogP contribution in [0.3, 0.4) is 0 Å². The van der Waals surface area contributed by atoms with E-state index in [-0.39, 0.29) is 17.4 Å². The Bertz CT molecular complexity index is 525. The number of hydrogen-bond donors (Lipinski definition) is 1. The summed E-state index contributed by atoms with van der Waals surface area (Å²) in [6.45, 7) is 3.25. The summed E-state index contributed by atoms with van der Waals surface area (Å²) in [5.74, 6) is -0.0650. The maximum absolute atomic E-state index is 12.4. The van der Waals surface area contributed by atoms with Crippen molar-refractivity contribution in [3.8, 4) is 0 Å². The van der Waals surface area contributed by atoms with Crippen molar-refractivity contribution >= 4 is 17.2 Å². The van der Waals surface area contributed by atoms with Gasteiger partial charge in [-0.15, -0.1) is 11.3 Å². The van der Waals surface area contributed by atoms with Crippen LogP contribution >= 0.6 is 11.3 Å². The molecule has 0 saturated heterocycles. The van der Waals surface area contributed by atoms with Crippen LogP contribution in [-0.2, 0) is 16.1 Å². The molecule has 122 valence electrons. The van der Waals surface area contributed by atoms with Crippen LogP contribution in [0.4, 0.5) is 0 Å². The van der Waals surface area contributed by atoms with Crippen molar-refractivity contribution in [2.24, 2.45) is 5.41 Å². The highest BCUT2D eigenvalue weighted by atomic mass is 32.1. The van der Waals surface area contributed by atoms with E-state index in [1.54, 1.807) is 7.11 Å². The van der Waals surface area contributed by atoms with E-state index in [1.807, 2.05) is 12.3 Å². The summed E-state index contributed by atoms with van der Waals surface area (Å²) in [7, 11) is 1.63. The summed E-state index contributed by atoms with van der Waals surface area (Å²) in [5, 5.41) is 5.84. The number of rotatable bonds is 6. The van der Waals surface area contributed by atoms with E-state index in [4.69, 9.17) is 9.47 Å². The molecule has 1 N–H and O–H groups in total. The molecule has 1 amide bonds. The van der Waals surface area contributed by atoms with Gasteiger partial charge in [-0.3, -0.25) is 4.79 Å². The molecule has 0 aliphatic heterocycles. The van der Waals surface area contributed by atoms with Gasteiger partial charge >= 0.3 is 0 Å². The van der Waals surface area contributed by atoms with E-state index < -0.39 is 0 Å². The van der Waals surface area contributed by atoms with E-state index in [2.05, 4.69) is 10.3 Å². The topological polar surface area (TPSA) is 60.5 Å². The summed E-state index contributed by atoms with van der Waals surface area (Å²) < 4.78 is 10.9. The number of nitrogens with zero attached hydrogens (tertiary/aromatic N) is 1. The second-order valence-corrected chi connectivity index (χ2v) is 7.15. The lowest BCUT2D eigenvalue weighted by Crippen LogP contribution is -2.63. The van der Waals surface area contributed by atoms with E-state index in [0.29, 0.717) is 18.4 Å². The lowest BCUT2D eigenvalue weighted by molar-refractivity contribution is -0.127. The van der Waals surface area contributed by atoms with Crippen LogP contribution in [0.5, 0.6) is 0 Å². The molecule has 0 bridgehead atoms. The first-order chi connectivity index (χ1) is 10.7. The van der Waals surface area contributed by atoms with E-state index in [0.717, 1.165) is 30.9 Å². The Labute approximate surface area is 135 Å². The minimum absolute atomic E-state index is 0.0650. The fourth-order valence-corrected chi connectivity index (χ4v) is 4.67. The molecule has 1 spiro atoms. The molecule has 0 aromatic carbocycles. The number of amides is 1. The van der Waals surface area contributed by atoms with Gasteiger partial charge in [0.05, 0.1) is 12.7 Å². The van der Waals surface area contributed by atoms with Crippen molar-refractivity contribution in [2.75, 3.05) is 13.7 Å². The Balaban J connectivity index is 1.63. The highest BCUT2D eigenvalue weighted by Crippen LogP contribution is 2.54. The molecular weight excluding hydrogens is 300 g/mol. The molecule has 3 rings (SSSR count). The molecule has 1 aromatic rings. The standard InChI is InChI=1S/C16H24N2O3S/c1-3-21-13-8-12(16(13)6-4-5-7-16)18-15(19)11-10-22-14(17-11)9-20-2/h10,12-13H,3-9H2,1-2H3,(H,18,19). The maximum Gasteiger partial charge on any atom is 0.271 e. The fraction of sp³-hybridized carbons (Fsp3) is 0.750. The third kappa shape index (κ3) is 2.79. The summed E-state index contributed by atoms with van der Waals surface area (Å²) >= 11 is 1.47. The number of thiazole rings is 1. The summed E-state index contributed by atoms with van der Waals surface area (Å²) in [6.07, 6.45) is 6.04. The van der Waals surface area contributed by atoms with Gasteiger partial charge in [0.1, 0.15) is 10.7 Å². The summed E-state index contributed by atoms with van der Waals surface area (Å²) in [5.41, 5.74) is 0.668. The van der Waals surface area contributed by atoms with Gasteiger partial charge in [0.15, 0.2) is 0 Å². The highest BCUT2D eigenvalue weighted by Gasteiger charge is 2.57. The Morgan fingerprint density at radius 2 is 2.27 bits per heavy atom. The normalized spacial score (nSPS) is 26.1. The van der Waals surface area contributed by atoms with Gasteiger partial charge in [0.2, 0.25) is 0 Å². The van der Waals surface area contributed by atoms with E-state index >= 15 is 0 Å². The van der Waals surface area contributed by atoms with Crippen LogP contribution < -0.4 is 5.32 Å². The number of nitrogens with one attached hydrogen (secondary N) is 1. The van der Waals surface area contributed by atoms with Crippen molar-refractivity contribution in [3.63, 3.8) is 0 Å². The maximum atomic E-state index is 12.4. The number of carbonyl (C=O) groups excluding carboxylic acids is 1. The first-order valence-corrected chi connectivity index (χ1v) is 8.93. The Kier molecular flexibility index (Phi) is 4.80. The van der Waals surface area contributed by atoms with Crippen LogP contribution in [0.1, 0.15) is 54.5 Å². The number of hydrogen-bond acceptors (Lipinski definition) is 5. The van der Waals surface area contributed by atoms with Crippen LogP contribution in [-0.4, -0.2) is 36.8 Å². The van der Waals surface area contributed by atoms with Gasteiger partial charge in [0.25, 0.3) is 5.91 Å². The predicted octanol–water partition coefficient (Wildman–Crippen LogP) is 2.76. The van der Waals surface area contributed by atoms with Crippen molar-refractivity contribution < 1.29 is 14.3 Å². The van der Waals surface area contributed by atoms with Gasteiger partial charge in [0, 0.05) is 30.6 Å². The van der Waals surface area contributed by atoms with Gasteiger partial charge in [-0.1, -0.05) is 12.8 Å². The van der Waals surface area contributed by atoms with Crippen molar-refractivity contribution in [1.82, 2.24) is 10.3 Å². The molecule has 2 fully saturated rings. The van der Waals surface area contributed by atoms with Gasteiger partial charge < -0.3 is 14.8 Å². The number of aromatic nitrogens is 1. The summed E-state index contributed by atoms with van der Waals surface area (Å²) in [4.78, 5) is 16.8. The zero-order chi connectivity index (χ0) is 15.6. The third-order valence-electron chi connectivity index (χ3n) is 5.04. The lowest BCUT2D eigenvalue weighted by atomic mass is 9.60. The minimum atomic E-state index is -0.0650. The molecule has 6 heteroatoms. The lowest BCUT2D eigenvalue weighted by Gasteiger charge is -2.54. The average molecular weight is 324 g/mol. The van der Waals surface area contributed by atoms with Crippen molar-refractivity contribution in [2.45, 2.75) is 57.8 Å². The zero-order valence-corrected chi connectivity index (χ0v) is 14.1. The minimum Gasteiger partial charge on any atom is -0.378 e. The van der Waals surface area contributed by atoms with Crippen LogP contribution in [0.15, 0.2) is 5.38 Å². The molecule has 22 heavy (non-hydrogen) atoms. The summed E-state index contributed by atoms with van der Waals surface area (Å²) in [6, 6.07) is 0.228. The molecule has 2 aliphatic carbocycles. The smallest absolute Gasteiger partial charge is 0.271 e. The highest BCUT2D eigenvalue weighted by molar-refractivity contribution is 7.09. The third-order valence-corrected chi connectivity index (χ3v) is 5.87. The second kappa shape index (κ2) is 6.64. The zero-order valence-electron chi connectivity index (χ0n) is 13.3. The Morgan fingerprint density at radius 3 is 2.95 bits per heavy atom. The van der Waals surface area contributed by atoms with Gasteiger partial charge in [-0.2, -0.15) is 0 Å². The first-order valence-electron chi connectivity index (χ1n) is 8.05. The predicted molar refractivity (Wildman–Crippen MR) is 85.0 cm³/mol. The quantitative estimate of drug-likeness (QED) is 0.874. The Morgan fingerprint density at radius 1 is 1.50 bits per heavy atom. The largest absolute Gasteiger partial charge is 0.378 e. The van der Waals surface area contributed by atoms with Crippen molar-refractivity contribution in [3.05, 3.63) is 16.1 Å². The molecule has 2 unspecified atom stereocenters. The molecule has 2 atom stereocenters. The molecule has 0 radical (unpaired) electrons. The molecule has 1 heterocycles. The second-order valence-electron chi connectivity index (χ2n) is 6.21. The van der Waals surface area contributed by atoms with Gasteiger partial charge in [-0.25, -0.2) is 4.98 Å². The van der Waals surface area contributed by atoms with E-state index in [9.17, 15) is 4.79 Å². The molecular formula is C16H24N2O3S. The number of ether oxygens (including phenoxy) is 2. The molecule has 2 aliphatic rings. The van der Waals surface area contributed by atoms with Crippen LogP contribution in [0.2, 0.25) is 0 Å². The monoisotopic (exact) mass is 324 g/mol. The molecule has 2 saturated carbocycles. The first kappa shape index (κ1) is 15.9. The van der Waals surface area contributed by atoms with Gasteiger partial charge in [-0.05, 0) is 26.2 Å². The van der Waals surface area contributed by atoms with Crippen LogP contribution in [0, 0.1) is 5.41 Å².